The molecule has 1 aromatic rings. The van der Waals surface area contributed by atoms with Crippen LogP contribution in [0.15, 0.2) is 18.2 Å². The molecule has 108 valence electrons. The van der Waals surface area contributed by atoms with E-state index < -0.39 is 0 Å². The van der Waals surface area contributed by atoms with E-state index in [-0.39, 0.29) is 11.9 Å². The normalized spacial score (nSPS) is 13.4. The highest BCUT2D eigenvalue weighted by Gasteiger charge is 2.17. The van der Waals surface area contributed by atoms with E-state index in [1.54, 1.807) is 12.1 Å². The molecule has 0 aliphatic carbocycles. The van der Waals surface area contributed by atoms with Crippen LogP contribution in [-0.4, -0.2) is 13.7 Å². The number of hydrogen-bond acceptors (Lipinski definition) is 2. The molecular formula is C16H26FNO. The fraction of sp³-hybridized carbons (Fsp3) is 0.625. The van der Waals surface area contributed by atoms with Crippen LogP contribution in [-0.2, 0) is 0 Å². The minimum Gasteiger partial charge on any atom is -0.494 e. The average Bonchev–Trinajstić information content (AvgIpc) is 2.33. The van der Waals surface area contributed by atoms with Crippen molar-refractivity contribution in [1.29, 1.82) is 0 Å². The Kier molecular flexibility index (Phi) is 5.80. The summed E-state index contributed by atoms with van der Waals surface area (Å²) < 4.78 is 18.7. The maximum Gasteiger partial charge on any atom is 0.165 e. The number of benzene rings is 1. The van der Waals surface area contributed by atoms with Crippen LogP contribution in [0.3, 0.4) is 0 Å². The molecule has 1 N–H and O–H groups in total. The van der Waals surface area contributed by atoms with Crippen LogP contribution in [0.25, 0.3) is 0 Å². The first-order valence-electron chi connectivity index (χ1n) is 6.94. The molecule has 0 aromatic heterocycles. The van der Waals surface area contributed by atoms with E-state index in [0.717, 1.165) is 24.9 Å². The second-order valence-corrected chi connectivity index (χ2v) is 6.10. The van der Waals surface area contributed by atoms with Crippen LogP contribution in [0.2, 0.25) is 0 Å². The molecule has 0 saturated heterocycles. The second kappa shape index (κ2) is 6.90. The average molecular weight is 267 g/mol. The summed E-state index contributed by atoms with van der Waals surface area (Å²) in [5.74, 6) is 0.00785. The molecule has 19 heavy (non-hydrogen) atoms. The summed E-state index contributed by atoms with van der Waals surface area (Å²) in [6, 6.07) is 5.42. The van der Waals surface area contributed by atoms with Crippen LogP contribution >= 0.6 is 0 Å². The maximum absolute atomic E-state index is 13.8. The molecule has 0 heterocycles. The Labute approximate surface area is 116 Å². The minimum absolute atomic E-state index is 0.199. The van der Waals surface area contributed by atoms with E-state index in [4.69, 9.17) is 4.74 Å². The Balaban J connectivity index is 2.83. The van der Waals surface area contributed by atoms with Crippen LogP contribution in [0.4, 0.5) is 4.39 Å². The van der Waals surface area contributed by atoms with Gasteiger partial charge in [0.15, 0.2) is 11.6 Å². The highest BCUT2D eigenvalue weighted by atomic mass is 19.1. The summed E-state index contributed by atoms with van der Waals surface area (Å²) in [5, 5.41) is 3.43. The highest BCUT2D eigenvalue weighted by molar-refractivity contribution is 5.31. The van der Waals surface area contributed by atoms with Crippen LogP contribution in [0.5, 0.6) is 5.75 Å². The largest absolute Gasteiger partial charge is 0.494 e. The topological polar surface area (TPSA) is 21.3 Å². The predicted octanol–water partition coefficient (Wildman–Crippen LogP) is 4.31. The van der Waals surface area contributed by atoms with Crippen molar-refractivity contribution in [3.8, 4) is 5.75 Å². The molecule has 0 aliphatic rings. The lowest BCUT2D eigenvalue weighted by Gasteiger charge is -2.24. The van der Waals surface area contributed by atoms with Gasteiger partial charge in [0, 0.05) is 6.04 Å². The van der Waals surface area contributed by atoms with Crippen LogP contribution < -0.4 is 10.1 Å². The number of rotatable bonds is 6. The number of hydrogen-bond donors (Lipinski definition) is 1. The molecule has 1 atom stereocenters. The quantitative estimate of drug-likeness (QED) is 0.829. The lowest BCUT2D eigenvalue weighted by molar-refractivity contribution is 0.333. The lowest BCUT2D eigenvalue weighted by atomic mass is 9.87. The van der Waals surface area contributed by atoms with Crippen molar-refractivity contribution < 1.29 is 9.13 Å². The maximum atomic E-state index is 13.8. The van der Waals surface area contributed by atoms with Gasteiger partial charge in [-0.3, -0.25) is 0 Å². The second-order valence-electron chi connectivity index (χ2n) is 6.10. The van der Waals surface area contributed by atoms with Crippen molar-refractivity contribution in [2.45, 2.75) is 46.6 Å². The lowest BCUT2D eigenvalue weighted by Crippen LogP contribution is -2.22. The summed E-state index contributed by atoms with van der Waals surface area (Å²) in [5.41, 5.74) is 1.28. The van der Waals surface area contributed by atoms with Crippen LogP contribution in [0.1, 0.15) is 52.1 Å². The van der Waals surface area contributed by atoms with E-state index in [9.17, 15) is 4.39 Å². The van der Waals surface area contributed by atoms with Crippen molar-refractivity contribution in [1.82, 2.24) is 5.32 Å². The number of methoxy groups -OCH3 is 1. The monoisotopic (exact) mass is 267 g/mol. The van der Waals surface area contributed by atoms with Crippen molar-refractivity contribution in [3.63, 3.8) is 0 Å². The van der Waals surface area contributed by atoms with Crippen molar-refractivity contribution in [2.24, 2.45) is 5.41 Å². The summed E-state index contributed by atoms with van der Waals surface area (Å²) in [4.78, 5) is 0. The first kappa shape index (κ1) is 16.0. The Morgan fingerprint density at radius 1 is 1.32 bits per heavy atom. The summed E-state index contributed by atoms with van der Waals surface area (Å²) in [7, 11) is 1.49. The van der Waals surface area contributed by atoms with Crippen molar-refractivity contribution in [2.75, 3.05) is 13.7 Å². The molecule has 0 aliphatic heterocycles. The zero-order chi connectivity index (χ0) is 14.5. The Morgan fingerprint density at radius 2 is 2.00 bits per heavy atom. The number of nitrogens with one attached hydrogen (secondary N) is 1. The van der Waals surface area contributed by atoms with E-state index in [1.807, 2.05) is 6.07 Å². The first-order chi connectivity index (χ1) is 8.87. The third kappa shape index (κ3) is 5.19. The molecule has 0 radical (unpaired) electrons. The smallest absolute Gasteiger partial charge is 0.165 e. The Hall–Kier alpha value is -1.09. The van der Waals surface area contributed by atoms with Gasteiger partial charge in [0.25, 0.3) is 0 Å². The van der Waals surface area contributed by atoms with E-state index in [0.29, 0.717) is 11.2 Å². The molecule has 1 unspecified atom stereocenters. The molecule has 3 heteroatoms. The minimum atomic E-state index is -0.293. The summed E-state index contributed by atoms with van der Waals surface area (Å²) >= 11 is 0. The van der Waals surface area contributed by atoms with Gasteiger partial charge in [-0.2, -0.15) is 0 Å². The summed E-state index contributed by atoms with van der Waals surface area (Å²) in [6.45, 7) is 9.63. The van der Waals surface area contributed by atoms with Crippen molar-refractivity contribution in [3.05, 3.63) is 29.6 Å². The Bertz CT molecular complexity index is 398. The SMILES string of the molecule is CCNC(CCC(C)(C)C)c1ccc(OC)c(F)c1. The molecule has 0 saturated carbocycles. The van der Waals surface area contributed by atoms with Gasteiger partial charge >= 0.3 is 0 Å². The van der Waals surface area contributed by atoms with E-state index in [1.165, 1.54) is 7.11 Å². The van der Waals surface area contributed by atoms with Gasteiger partial charge in [-0.25, -0.2) is 4.39 Å². The zero-order valence-electron chi connectivity index (χ0n) is 12.7. The fourth-order valence-electron chi connectivity index (χ4n) is 2.11. The zero-order valence-corrected chi connectivity index (χ0v) is 12.7. The van der Waals surface area contributed by atoms with Gasteiger partial charge in [0.1, 0.15) is 0 Å². The molecular weight excluding hydrogens is 241 g/mol. The molecule has 1 aromatic carbocycles. The van der Waals surface area contributed by atoms with Gasteiger partial charge in [-0.1, -0.05) is 33.8 Å². The van der Waals surface area contributed by atoms with Gasteiger partial charge in [0.05, 0.1) is 7.11 Å². The standard InChI is InChI=1S/C16H26FNO/c1-6-18-14(9-10-16(2,3)4)12-7-8-15(19-5)13(17)11-12/h7-8,11,14,18H,6,9-10H2,1-5H3. The van der Waals surface area contributed by atoms with Gasteiger partial charge in [-0.05, 0) is 42.5 Å². The molecule has 0 fully saturated rings. The van der Waals surface area contributed by atoms with Gasteiger partial charge in [-0.15, -0.1) is 0 Å². The van der Waals surface area contributed by atoms with Gasteiger partial charge < -0.3 is 10.1 Å². The fourth-order valence-corrected chi connectivity index (χ4v) is 2.11. The third-order valence-corrected chi connectivity index (χ3v) is 3.21. The third-order valence-electron chi connectivity index (χ3n) is 3.21. The number of halogens is 1. The van der Waals surface area contributed by atoms with Gasteiger partial charge in [0.2, 0.25) is 0 Å². The molecule has 0 bridgehead atoms. The Morgan fingerprint density at radius 3 is 2.47 bits per heavy atom. The molecule has 0 spiro atoms. The predicted molar refractivity (Wildman–Crippen MR) is 78.1 cm³/mol. The first-order valence-corrected chi connectivity index (χ1v) is 6.94. The molecule has 1 rings (SSSR count). The van der Waals surface area contributed by atoms with E-state index in [2.05, 4.69) is 33.0 Å². The number of ether oxygens (including phenoxy) is 1. The summed E-state index contributed by atoms with van der Waals surface area (Å²) in [6.07, 6.45) is 2.10. The molecule has 0 amide bonds. The van der Waals surface area contributed by atoms with Crippen LogP contribution in [0, 0.1) is 11.2 Å². The van der Waals surface area contributed by atoms with E-state index >= 15 is 0 Å². The molecule has 2 nitrogen and oxygen atoms in total. The highest BCUT2D eigenvalue weighted by Crippen LogP contribution is 2.29. The van der Waals surface area contributed by atoms with Crippen molar-refractivity contribution >= 4 is 0 Å².